The van der Waals surface area contributed by atoms with Crippen LogP contribution in [-0.2, 0) is 6.54 Å². The summed E-state index contributed by atoms with van der Waals surface area (Å²) in [6.07, 6.45) is 5.22. The zero-order chi connectivity index (χ0) is 18.4. The molecule has 2 fully saturated rings. The Morgan fingerprint density at radius 2 is 2.04 bits per heavy atom. The van der Waals surface area contributed by atoms with Crippen LogP contribution in [-0.4, -0.2) is 26.8 Å². The van der Waals surface area contributed by atoms with Crippen molar-refractivity contribution >= 4 is 6.03 Å². The highest BCUT2D eigenvalue weighted by Gasteiger charge is 2.61. The first-order valence-corrected chi connectivity index (χ1v) is 9.40. The Labute approximate surface area is 154 Å². The molecule has 0 aliphatic heterocycles. The molecule has 1 aromatic heterocycles. The highest BCUT2D eigenvalue weighted by Crippen LogP contribution is 2.65. The van der Waals surface area contributed by atoms with Crippen molar-refractivity contribution in [2.45, 2.75) is 52.6 Å². The van der Waals surface area contributed by atoms with Crippen molar-refractivity contribution in [1.82, 2.24) is 25.4 Å². The number of urea groups is 1. The van der Waals surface area contributed by atoms with E-state index in [1.165, 1.54) is 12.8 Å². The number of carbonyl (C=O) groups is 1. The van der Waals surface area contributed by atoms with E-state index >= 15 is 0 Å². The maximum absolute atomic E-state index is 12.5. The summed E-state index contributed by atoms with van der Waals surface area (Å²) < 4.78 is 1.89. The molecule has 2 aliphatic rings. The van der Waals surface area contributed by atoms with Gasteiger partial charge in [0.1, 0.15) is 6.33 Å². The van der Waals surface area contributed by atoms with Crippen molar-refractivity contribution in [3.8, 4) is 5.69 Å². The monoisotopic (exact) mass is 353 g/mol. The zero-order valence-electron chi connectivity index (χ0n) is 15.7. The number of nitrogens with zero attached hydrogens (tertiary/aromatic N) is 3. The molecule has 0 unspecified atom stereocenters. The number of para-hydroxylation sites is 1. The molecule has 1 heterocycles. The number of hydrogen-bond acceptors (Lipinski definition) is 3. The number of fused-ring (bicyclic) bond motifs is 2. The van der Waals surface area contributed by atoms with Gasteiger partial charge in [-0.1, -0.05) is 39.0 Å². The second kappa shape index (κ2) is 6.11. The third kappa shape index (κ3) is 2.59. The van der Waals surface area contributed by atoms with Crippen molar-refractivity contribution in [1.29, 1.82) is 0 Å². The first-order chi connectivity index (χ1) is 12.4. The van der Waals surface area contributed by atoms with Gasteiger partial charge < -0.3 is 10.6 Å². The molecule has 0 radical (unpaired) electrons. The molecule has 2 N–H and O–H groups in total. The lowest BCUT2D eigenvalue weighted by atomic mass is 9.69. The van der Waals surface area contributed by atoms with Crippen molar-refractivity contribution in [3.05, 3.63) is 42.5 Å². The number of aromatic nitrogens is 3. The average molecular weight is 353 g/mol. The summed E-state index contributed by atoms with van der Waals surface area (Å²) in [6.45, 7) is 7.38. The average Bonchev–Trinajstić information content (AvgIpc) is 3.23. The van der Waals surface area contributed by atoms with Crippen LogP contribution in [0.15, 0.2) is 36.7 Å². The molecular weight excluding hydrogens is 326 g/mol. The van der Waals surface area contributed by atoms with Gasteiger partial charge in [0.2, 0.25) is 0 Å². The summed E-state index contributed by atoms with van der Waals surface area (Å²) >= 11 is 0. The van der Waals surface area contributed by atoms with E-state index in [1.807, 2.05) is 34.9 Å². The van der Waals surface area contributed by atoms with Crippen LogP contribution in [0.3, 0.4) is 0 Å². The van der Waals surface area contributed by atoms with Gasteiger partial charge in [0.05, 0.1) is 6.54 Å². The lowest BCUT2D eigenvalue weighted by Gasteiger charge is -2.39. The van der Waals surface area contributed by atoms with Crippen LogP contribution in [0, 0.1) is 16.7 Å². The molecule has 2 amide bonds. The Hall–Kier alpha value is -2.37. The summed E-state index contributed by atoms with van der Waals surface area (Å²) in [5, 5.41) is 14.3. The third-order valence-electron chi connectivity index (χ3n) is 7.16. The lowest BCUT2D eigenvalue weighted by Crippen LogP contribution is -2.50. The van der Waals surface area contributed by atoms with E-state index in [-0.39, 0.29) is 17.5 Å². The molecule has 2 bridgehead atoms. The Kier molecular flexibility index (Phi) is 4.01. The van der Waals surface area contributed by atoms with Gasteiger partial charge in [-0.05, 0) is 48.1 Å². The summed E-state index contributed by atoms with van der Waals surface area (Å²) in [6, 6.07) is 10.0. The molecule has 2 aromatic rings. The van der Waals surface area contributed by atoms with Gasteiger partial charge in [-0.3, -0.25) is 4.57 Å². The van der Waals surface area contributed by atoms with Gasteiger partial charge in [-0.2, -0.15) is 0 Å². The van der Waals surface area contributed by atoms with Crippen molar-refractivity contribution in [2.24, 2.45) is 16.7 Å². The standard InChI is InChI=1S/C20H27N5O/c1-19(2)14-9-10-20(19,3)16(11-14)23-18(26)21-12-17-24-22-13-25(17)15-7-5-4-6-8-15/h4-8,13-14,16H,9-12H2,1-3H3,(H2,21,23,26)/t14-,16+,20-/m0/s1. The Balaban J connectivity index is 1.38. The first kappa shape index (κ1) is 17.1. The molecule has 138 valence electrons. The quantitative estimate of drug-likeness (QED) is 0.886. The van der Waals surface area contributed by atoms with E-state index in [0.29, 0.717) is 23.7 Å². The van der Waals surface area contributed by atoms with Gasteiger partial charge in [0.25, 0.3) is 0 Å². The summed E-state index contributed by atoms with van der Waals surface area (Å²) in [5.74, 6) is 1.42. The second-order valence-corrected chi connectivity index (χ2v) is 8.44. The van der Waals surface area contributed by atoms with Crippen LogP contribution in [0.2, 0.25) is 0 Å². The van der Waals surface area contributed by atoms with Gasteiger partial charge in [0.15, 0.2) is 5.82 Å². The number of carbonyl (C=O) groups excluding carboxylic acids is 1. The predicted octanol–water partition coefficient (Wildman–Crippen LogP) is 3.28. The number of nitrogens with one attached hydrogen (secondary N) is 2. The van der Waals surface area contributed by atoms with Crippen LogP contribution in [0.5, 0.6) is 0 Å². The second-order valence-electron chi connectivity index (χ2n) is 8.44. The number of amides is 2. The summed E-state index contributed by atoms with van der Waals surface area (Å²) in [5.41, 5.74) is 1.45. The van der Waals surface area contributed by atoms with Crippen molar-refractivity contribution in [3.63, 3.8) is 0 Å². The minimum absolute atomic E-state index is 0.123. The van der Waals surface area contributed by atoms with Crippen LogP contribution in [0.4, 0.5) is 4.79 Å². The van der Waals surface area contributed by atoms with Crippen LogP contribution < -0.4 is 10.6 Å². The number of benzene rings is 1. The minimum Gasteiger partial charge on any atom is -0.335 e. The van der Waals surface area contributed by atoms with Gasteiger partial charge in [0, 0.05) is 11.7 Å². The molecule has 26 heavy (non-hydrogen) atoms. The maximum atomic E-state index is 12.5. The van der Waals surface area contributed by atoms with Crippen LogP contribution in [0.25, 0.3) is 5.69 Å². The molecule has 2 saturated carbocycles. The molecule has 6 heteroatoms. The predicted molar refractivity (Wildman–Crippen MR) is 99.7 cm³/mol. The molecule has 3 atom stereocenters. The fourth-order valence-electron chi connectivity index (χ4n) is 4.97. The molecule has 4 rings (SSSR count). The zero-order valence-corrected chi connectivity index (χ0v) is 15.7. The van der Waals surface area contributed by atoms with E-state index in [0.717, 1.165) is 12.1 Å². The fourth-order valence-corrected chi connectivity index (χ4v) is 4.97. The maximum Gasteiger partial charge on any atom is 0.315 e. The van der Waals surface area contributed by atoms with Crippen LogP contribution in [0.1, 0.15) is 45.9 Å². The topological polar surface area (TPSA) is 71.8 Å². The van der Waals surface area contributed by atoms with Crippen LogP contribution >= 0.6 is 0 Å². The van der Waals surface area contributed by atoms with E-state index < -0.39 is 0 Å². The molecular formula is C20H27N5O. The van der Waals surface area contributed by atoms with E-state index in [2.05, 4.69) is 41.6 Å². The highest BCUT2D eigenvalue weighted by atomic mass is 16.2. The largest absolute Gasteiger partial charge is 0.335 e. The molecule has 2 aliphatic carbocycles. The Morgan fingerprint density at radius 3 is 2.69 bits per heavy atom. The third-order valence-corrected chi connectivity index (χ3v) is 7.16. The van der Waals surface area contributed by atoms with E-state index in [9.17, 15) is 4.79 Å². The molecule has 6 nitrogen and oxygen atoms in total. The normalized spacial score (nSPS) is 28.9. The van der Waals surface area contributed by atoms with Gasteiger partial charge in [-0.15, -0.1) is 10.2 Å². The fraction of sp³-hybridized carbons (Fsp3) is 0.550. The Bertz CT molecular complexity index is 800. The molecule has 0 saturated heterocycles. The molecule has 0 spiro atoms. The molecule has 1 aromatic carbocycles. The SMILES string of the molecule is CC1(C)[C@H]2CC[C@@]1(C)[C@H](NC(=O)NCc1nncn1-c1ccccc1)C2. The highest BCUT2D eigenvalue weighted by molar-refractivity contribution is 5.74. The van der Waals surface area contributed by atoms with Crippen molar-refractivity contribution < 1.29 is 4.79 Å². The summed E-state index contributed by atoms with van der Waals surface area (Å²) in [4.78, 5) is 12.5. The lowest BCUT2D eigenvalue weighted by molar-refractivity contribution is 0.123. The smallest absolute Gasteiger partial charge is 0.315 e. The van der Waals surface area contributed by atoms with Gasteiger partial charge in [-0.25, -0.2) is 4.79 Å². The number of hydrogen-bond donors (Lipinski definition) is 2. The summed E-state index contributed by atoms with van der Waals surface area (Å²) in [7, 11) is 0. The van der Waals surface area contributed by atoms with E-state index in [4.69, 9.17) is 0 Å². The van der Waals surface area contributed by atoms with Crippen molar-refractivity contribution in [2.75, 3.05) is 0 Å². The van der Waals surface area contributed by atoms with Gasteiger partial charge >= 0.3 is 6.03 Å². The van der Waals surface area contributed by atoms with E-state index in [1.54, 1.807) is 6.33 Å². The minimum atomic E-state index is -0.123. The number of rotatable bonds is 4. The first-order valence-electron chi connectivity index (χ1n) is 9.40. The Morgan fingerprint density at radius 1 is 1.27 bits per heavy atom.